The molecule has 0 aliphatic rings. The average Bonchev–Trinajstić information content (AvgIpc) is 4.05. The maximum absolute atomic E-state index is 6.46. The standard InChI is InChI=1S/C60H38N2O2/c1-2-14-43(15-3-1)62-55-24-7-4-17-49(55)54-38-42(31-36-56(54)62)41-13-10-16-46(37-41)61(44-32-27-39(28-33-44)47-20-11-22-52-50-18-5-8-25-57(50)63-59(47)52)45-34-29-40(30-35-45)48-21-12-23-53-51-19-6-9-26-58(51)64-60(48)53/h1-38H. The summed E-state index contributed by atoms with van der Waals surface area (Å²) in [7, 11) is 0. The van der Waals surface area contributed by atoms with Crippen molar-refractivity contribution in [1.29, 1.82) is 0 Å². The van der Waals surface area contributed by atoms with E-state index in [4.69, 9.17) is 8.83 Å². The molecule has 0 unspecified atom stereocenters. The lowest BCUT2D eigenvalue weighted by Crippen LogP contribution is -2.10. The molecule has 300 valence electrons. The molecule has 13 rings (SSSR count). The highest BCUT2D eigenvalue weighted by molar-refractivity contribution is 6.12. The predicted octanol–water partition coefficient (Wildman–Crippen LogP) is 17.1. The Bertz CT molecular complexity index is 3730. The van der Waals surface area contributed by atoms with Crippen molar-refractivity contribution in [3.05, 3.63) is 231 Å². The van der Waals surface area contributed by atoms with Gasteiger partial charge in [0, 0.05) is 66.2 Å². The van der Waals surface area contributed by atoms with Crippen LogP contribution in [0.3, 0.4) is 0 Å². The molecule has 64 heavy (non-hydrogen) atoms. The van der Waals surface area contributed by atoms with Gasteiger partial charge in [0.15, 0.2) is 0 Å². The first-order valence-corrected chi connectivity index (χ1v) is 21.7. The molecule has 0 radical (unpaired) electrons. The van der Waals surface area contributed by atoms with Gasteiger partial charge in [0.1, 0.15) is 22.3 Å². The lowest BCUT2D eigenvalue weighted by molar-refractivity contribution is 0.669. The molecule has 0 bridgehead atoms. The summed E-state index contributed by atoms with van der Waals surface area (Å²) in [4.78, 5) is 2.35. The highest BCUT2D eigenvalue weighted by atomic mass is 16.3. The first kappa shape index (κ1) is 36.1. The Hall–Kier alpha value is -8.60. The molecule has 10 aromatic carbocycles. The lowest BCUT2D eigenvalue weighted by Gasteiger charge is -2.26. The van der Waals surface area contributed by atoms with Crippen molar-refractivity contribution in [3.63, 3.8) is 0 Å². The highest BCUT2D eigenvalue weighted by Crippen LogP contribution is 2.43. The van der Waals surface area contributed by atoms with Gasteiger partial charge in [-0.05, 0) is 101 Å². The Kier molecular flexibility index (Phi) is 8.18. The van der Waals surface area contributed by atoms with E-state index in [0.717, 1.165) is 100 Å². The van der Waals surface area contributed by atoms with Crippen molar-refractivity contribution in [3.8, 4) is 39.1 Å². The molecule has 13 aromatic rings. The second-order valence-electron chi connectivity index (χ2n) is 16.5. The fourth-order valence-electron chi connectivity index (χ4n) is 9.81. The van der Waals surface area contributed by atoms with Crippen LogP contribution >= 0.6 is 0 Å². The number of rotatable bonds is 7. The number of aromatic nitrogens is 1. The normalized spacial score (nSPS) is 11.8. The van der Waals surface area contributed by atoms with Crippen molar-refractivity contribution in [2.45, 2.75) is 0 Å². The van der Waals surface area contributed by atoms with Gasteiger partial charge in [0.25, 0.3) is 0 Å². The van der Waals surface area contributed by atoms with Crippen LogP contribution in [0.25, 0.3) is 105 Å². The molecule has 0 saturated carbocycles. The summed E-state index contributed by atoms with van der Waals surface area (Å²) < 4.78 is 15.3. The average molecular weight is 819 g/mol. The van der Waals surface area contributed by atoms with Crippen LogP contribution in [-0.2, 0) is 0 Å². The van der Waals surface area contributed by atoms with E-state index >= 15 is 0 Å². The zero-order valence-electron chi connectivity index (χ0n) is 34.7. The van der Waals surface area contributed by atoms with Gasteiger partial charge in [-0.1, -0.05) is 152 Å². The zero-order chi connectivity index (χ0) is 42.1. The highest BCUT2D eigenvalue weighted by Gasteiger charge is 2.19. The van der Waals surface area contributed by atoms with E-state index < -0.39 is 0 Å². The molecule has 0 aliphatic carbocycles. The molecule has 0 saturated heterocycles. The van der Waals surface area contributed by atoms with Crippen LogP contribution < -0.4 is 4.90 Å². The number of benzene rings is 10. The Morgan fingerprint density at radius 3 is 1.41 bits per heavy atom. The quantitative estimate of drug-likeness (QED) is 0.161. The van der Waals surface area contributed by atoms with Gasteiger partial charge >= 0.3 is 0 Å². The van der Waals surface area contributed by atoms with Gasteiger partial charge in [0.05, 0.1) is 11.0 Å². The number of nitrogens with zero attached hydrogens (tertiary/aromatic N) is 2. The van der Waals surface area contributed by atoms with Gasteiger partial charge in [0.2, 0.25) is 0 Å². The number of hydrogen-bond donors (Lipinski definition) is 0. The van der Waals surface area contributed by atoms with Crippen molar-refractivity contribution in [2.24, 2.45) is 0 Å². The van der Waals surface area contributed by atoms with E-state index in [9.17, 15) is 0 Å². The van der Waals surface area contributed by atoms with E-state index in [1.807, 2.05) is 24.3 Å². The predicted molar refractivity (Wildman–Crippen MR) is 266 cm³/mol. The van der Waals surface area contributed by atoms with Gasteiger partial charge in [-0.25, -0.2) is 0 Å². The van der Waals surface area contributed by atoms with Crippen molar-refractivity contribution in [2.75, 3.05) is 4.90 Å². The smallest absolute Gasteiger partial charge is 0.143 e. The first-order chi connectivity index (χ1) is 31.7. The van der Waals surface area contributed by atoms with Crippen molar-refractivity contribution >= 4 is 82.7 Å². The molecule has 0 aliphatic heterocycles. The molecular formula is C60H38N2O2. The Labute approximate surface area is 369 Å². The molecule has 0 amide bonds. The second kappa shape index (κ2) is 14.5. The van der Waals surface area contributed by atoms with Gasteiger partial charge in [-0.3, -0.25) is 0 Å². The molecule has 0 fully saturated rings. The number of hydrogen-bond acceptors (Lipinski definition) is 3. The van der Waals surface area contributed by atoms with Crippen LogP contribution in [0, 0.1) is 0 Å². The summed E-state index contributed by atoms with van der Waals surface area (Å²) in [6.45, 7) is 0. The molecule has 4 heteroatoms. The van der Waals surface area contributed by atoms with Gasteiger partial charge < -0.3 is 18.3 Å². The van der Waals surface area contributed by atoms with Crippen LogP contribution in [0.4, 0.5) is 17.1 Å². The monoisotopic (exact) mass is 818 g/mol. The minimum atomic E-state index is 0.897. The molecule has 3 heterocycles. The topological polar surface area (TPSA) is 34.5 Å². The van der Waals surface area contributed by atoms with E-state index in [0.29, 0.717) is 0 Å². The second-order valence-corrected chi connectivity index (χ2v) is 16.5. The fourth-order valence-corrected chi connectivity index (χ4v) is 9.81. The van der Waals surface area contributed by atoms with Crippen LogP contribution in [0.2, 0.25) is 0 Å². The minimum absolute atomic E-state index is 0.897. The molecular weight excluding hydrogens is 781 g/mol. The third-order valence-corrected chi connectivity index (χ3v) is 12.8. The Balaban J connectivity index is 0.932. The molecule has 3 aromatic heterocycles. The number of para-hydroxylation sites is 6. The van der Waals surface area contributed by atoms with E-state index in [1.165, 1.54) is 21.8 Å². The van der Waals surface area contributed by atoms with Crippen LogP contribution in [0.1, 0.15) is 0 Å². The summed E-state index contributed by atoms with van der Waals surface area (Å²) in [5.41, 5.74) is 16.9. The molecule has 0 N–H and O–H groups in total. The zero-order valence-corrected chi connectivity index (χ0v) is 34.7. The van der Waals surface area contributed by atoms with Crippen LogP contribution in [-0.4, -0.2) is 4.57 Å². The third kappa shape index (κ3) is 5.77. The van der Waals surface area contributed by atoms with Crippen molar-refractivity contribution in [1.82, 2.24) is 4.57 Å². The van der Waals surface area contributed by atoms with Gasteiger partial charge in [-0.2, -0.15) is 0 Å². The summed E-state index contributed by atoms with van der Waals surface area (Å²) in [5.74, 6) is 0. The minimum Gasteiger partial charge on any atom is -0.455 e. The number of furan rings is 2. The number of anilines is 3. The third-order valence-electron chi connectivity index (χ3n) is 12.8. The largest absolute Gasteiger partial charge is 0.455 e. The van der Waals surface area contributed by atoms with E-state index in [1.54, 1.807) is 0 Å². The maximum Gasteiger partial charge on any atom is 0.143 e. The first-order valence-electron chi connectivity index (χ1n) is 21.7. The fraction of sp³-hybridized carbons (Fsp3) is 0. The molecule has 0 spiro atoms. The summed E-state index contributed by atoms with van der Waals surface area (Å²) in [5, 5.41) is 6.96. The SMILES string of the molecule is c1ccc(-n2c3ccccc3c3cc(-c4cccc(N(c5ccc(-c6cccc7c6oc6ccccc67)cc5)c5ccc(-c6cccc7c6oc6ccccc67)cc5)c4)ccc32)cc1. The van der Waals surface area contributed by atoms with E-state index in [2.05, 4.69) is 216 Å². The molecule has 4 nitrogen and oxygen atoms in total. The summed E-state index contributed by atoms with van der Waals surface area (Å²) in [6.07, 6.45) is 0. The Morgan fingerprint density at radius 1 is 0.297 bits per heavy atom. The maximum atomic E-state index is 6.46. The van der Waals surface area contributed by atoms with Crippen molar-refractivity contribution < 1.29 is 8.83 Å². The lowest BCUT2D eigenvalue weighted by atomic mass is 10.00. The number of fused-ring (bicyclic) bond motifs is 9. The molecule has 0 atom stereocenters. The summed E-state index contributed by atoms with van der Waals surface area (Å²) in [6, 6.07) is 82.2. The van der Waals surface area contributed by atoms with Gasteiger partial charge in [-0.15, -0.1) is 0 Å². The van der Waals surface area contributed by atoms with Crippen LogP contribution in [0.15, 0.2) is 239 Å². The van der Waals surface area contributed by atoms with Crippen LogP contribution in [0.5, 0.6) is 0 Å². The van der Waals surface area contributed by atoms with E-state index in [-0.39, 0.29) is 0 Å². The Morgan fingerprint density at radius 2 is 0.781 bits per heavy atom. The summed E-state index contributed by atoms with van der Waals surface area (Å²) >= 11 is 0.